The van der Waals surface area contributed by atoms with E-state index in [2.05, 4.69) is 0 Å². The summed E-state index contributed by atoms with van der Waals surface area (Å²) in [7, 11) is 0. The Balaban J connectivity index is 0. The molecule has 0 aliphatic carbocycles. The maximum absolute atomic E-state index is 11.1. The standard InChI is InChI=1S/AsF6.F2NO/c2-1(3,4,5,6)7;1-3(2)4/q-1;+1. The summed E-state index contributed by atoms with van der Waals surface area (Å²) in [5.41, 5.74) is 0. The Hall–Kier alpha value is -0.402. The predicted octanol–water partition coefficient (Wildman–Crippen LogP) is 2.67. The molecule has 0 fully saturated rings. The van der Waals surface area contributed by atoms with E-state index in [1.807, 2.05) is 0 Å². The number of halogens is 8. The van der Waals surface area contributed by atoms with E-state index >= 15 is 0 Å². The van der Waals surface area contributed by atoms with Gasteiger partial charge in [0, 0.05) is 0 Å². The van der Waals surface area contributed by atoms with Crippen molar-refractivity contribution in [2.24, 2.45) is 0 Å². The van der Waals surface area contributed by atoms with Crippen molar-refractivity contribution in [2.45, 2.75) is 0 Å². The summed E-state index contributed by atoms with van der Waals surface area (Å²) in [6, 6.07) is 0. The van der Waals surface area contributed by atoms with Crippen LogP contribution >= 0.6 is 0 Å². The first kappa shape index (κ1) is 13.2. The maximum atomic E-state index is 9.91. The molecule has 0 saturated carbocycles. The zero-order chi connectivity index (χ0) is 9.99. The molecule has 0 aliphatic heterocycles. The minimum absolute atomic E-state index is 2.25. The van der Waals surface area contributed by atoms with Gasteiger partial charge in [-0.15, -0.1) is 0 Å². The molecule has 72 valence electrons. The van der Waals surface area contributed by atoms with E-state index in [9.17, 15) is 29.8 Å². The molecule has 2 nitrogen and oxygen atoms in total. The Labute approximate surface area is 55.1 Å². The minimum atomic E-state index is -11.1. The second-order valence-corrected chi connectivity index (χ2v) is 5.18. The molecule has 0 saturated heterocycles. The van der Waals surface area contributed by atoms with E-state index in [0.29, 0.717) is 0 Å². The topological polar surface area (TPSA) is 20.1 Å². The van der Waals surface area contributed by atoms with Crippen molar-refractivity contribution >= 4 is 14.2 Å². The average molecular weight is 257 g/mol. The number of nitrogens with zero attached hydrogens (tertiary/aromatic N) is 1. The van der Waals surface area contributed by atoms with Crippen molar-refractivity contribution in [1.29, 1.82) is 0 Å². The van der Waals surface area contributed by atoms with Gasteiger partial charge in [-0.05, 0) is 0 Å². The van der Waals surface area contributed by atoms with Crippen LogP contribution in [0.5, 0.6) is 0 Å². The van der Waals surface area contributed by atoms with Crippen molar-refractivity contribution in [2.75, 3.05) is 0 Å². The number of hydrogen-bond acceptors (Lipinski definition) is 1. The Morgan fingerprint density at radius 1 is 0.818 bits per heavy atom. The van der Waals surface area contributed by atoms with Crippen LogP contribution in [0.1, 0.15) is 0 Å². The molecule has 0 heterocycles. The van der Waals surface area contributed by atoms with Crippen molar-refractivity contribution in [3.05, 3.63) is 4.91 Å². The van der Waals surface area contributed by atoms with Gasteiger partial charge in [0.15, 0.2) is 8.96 Å². The normalized spacial score (nSPS) is 17.1. The summed E-state index contributed by atoms with van der Waals surface area (Å²) in [5.74, 6) is 0. The molecule has 11 heavy (non-hydrogen) atoms. The first-order valence-electron chi connectivity index (χ1n) is 1.53. The molecule has 0 N–H and O–H groups in total. The van der Waals surface area contributed by atoms with Crippen LogP contribution in [0.4, 0.5) is 29.8 Å². The third-order valence-corrected chi connectivity index (χ3v) is 0. The first-order chi connectivity index (χ1) is 4.18. The van der Waals surface area contributed by atoms with Gasteiger partial charge in [0.2, 0.25) is 0 Å². The predicted molar refractivity (Wildman–Crippen MR) is 18.2 cm³/mol. The van der Waals surface area contributed by atoms with Gasteiger partial charge in [0.25, 0.3) is 0 Å². The second-order valence-electron chi connectivity index (χ2n) is 1.16. The summed E-state index contributed by atoms with van der Waals surface area (Å²) in [6.07, 6.45) is 0. The quantitative estimate of drug-likeness (QED) is 0.371. The van der Waals surface area contributed by atoms with Gasteiger partial charge >= 0.3 is 40.2 Å². The SMILES string of the molecule is F[As-](F)(F)(F)(F)F.O=[N+](F)F. The Morgan fingerprint density at radius 3 is 0.818 bits per heavy atom. The van der Waals surface area contributed by atoms with Crippen LogP contribution in [0.3, 0.4) is 0 Å². The van der Waals surface area contributed by atoms with E-state index in [0.717, 1.165) is 0 Å². The molecule has 0 spiro atoms. The molecule has 0 rings (SSSR count). The Kier molecular flexibility index (Phi) is 2.75. The van der Waals surface area contributed by atoms with Gasteiger partial charge in [-0.25, -0.2) is 0 Å². The first-order valence-corrected chi connectivity index (χ1v) is 5.79. The van der Waals surface area contributed by atoms with Gasteiger partial charge in [0.1, 0.15) is 4.91 Å². The third kappa shape index (κ3) is 3440. The molecule has 0 atom stereocenters. The molecule has 0 aliphatic rings. The molecular weight excluding hydrogens is 257 g/mol. The van der Waals surface area contributed by atoms with Crippen molar-refractivity contribution < 1.29 is 35.0 Å². The van der Waals surface area contributed by atoms with E-state index in [1.54, 1.807) is 0 Å². The summed E-state index contributed by atoms with van der Waals surface area (Å²) in [6.45, 7) is 0. The molecule has 0 radical (unpaired) electrons. The van der Waals surface area contributed by atoms with Gasteiger partial charge < -0.3 is 0 Å². The van der Waals surface area contributed by atoms with E-state index in [-0.39, 0.29) is 0 Å². The zero-order valence-corrected chi connectivity index (χ0v) is 6.20. The minimum Gasteiger partial charge on any atom is 0.126 e. The van der Waals surface area contributed by atoms with Gasteiger partial charge in [-0.3, -0.25) is 0 Å². The van der Waals surface area contributed by atoms with E-state index in [1.165, 1.54) is 0 Å². The van der Waals surface area contributed by atoms with Crippen LogP contribution in [0, 0.1) is 4.91 Å². The van der Waals surface area contributed by atoms with Crippen molar-refractivity contribution in [3.63, 3.8) is 0 Å². The summed E-state index contributed by atoms with van der Waals surface area (Å²) >= 11 is -11.1. The molecule has 0 aromatic carbocycles. The average Bonchev–Trinajstić information content (AvgIpc) is 1.11. The molecule has 0 amide bonds. The number of hydrogen-bond donors (Lipinski definition) is 0. The molecule has 0 unspecified atom stereocenters. The van der Waals surface area contributed by atoms with Crippen molar-refractivity contribution in [3.8, 4) is 0 Å². The van der Waals surface area contributed by atoms with Crippen LogP contribution in [0.15, 0.2) is 0 Å². The monoisotopic (exact) mass is 257 g/mol. The molecular formula is AsF8NO. The van der Waals surface area contributed by atoms with Crippen LogP contribution < -0.4 is 0 Å². The summed E-state index contributed by atoms with van der Waals surface area (Å²) in [5, 5.41) is -2.25. The summed E-state index contributed by atoms with van der Waals surface area (Å²) in [4.78, 5) is 8.03. The van der Waals surface area contributed by atoms with Crippen LogP contribution in [0.2, 0.25) is 0 Å². The molecule has 0 bridgehead atoms. The fourth-order valence-electron chi connectivity index (χ4n) is 0. The Bertz CT molecular complexity index is 132. The number of nitroso groups, excluding NO2 is 1. The fourth-order valence-corrected chi connectivity index (χ4v) is 0. The van der Waals surface area contributed by atoms with Gasteiger partial charge in [-0.2, -0.15) is 0 Å². The second kappa shape index (κ2) is 2.29. The fraction of sp³-hybridized carbons (Fsp3) is 0. The van der Waals surface area contributed by atoms with Gasteiger partial charge in [0.05, 0.1) is 0 Å². The zero-order valence-electron chi connectivity index (χ0n) is 4.33. The molecule has 11 heteroatoms. The Morgan fingerprint density at radius 2 is 0.818 bits per heavy atom. The smallest absolute Gasteiger partial charge is 0.126 e. The van der Waals surface area contributed by atoms with E-state index < -0.39 is 19.4 Å². The van der Waals surface area contributed by atoms with Crippen LogP contribution in [-0.4, -0.2) is 19.4 Å². The maximum Gasteiger partial charge on any atom is 0.486 e. The van der Waals surface area contributed by atoms with Crippen LogP contribution in [0.25, 0.3) is 0 Å². The van der Waals surface area contributed by atoms with E-state index in [4.69, 9.17) is 4.91 Å². The summed E-state index contributed by atoms with van der Waals surface area (Å²) < 4.78 is 78.7. The molecule has 0 aromatic heterocycles. The van der Waals surface area contributed by atoms with Crippen molar-refractivity contribution in [1.82, 2.24) is 0 Å². The number of rotatable bonds is 0. The largest absolute Gasteiger partial charge is 0.486 e. The van der Waals surface area contributed by atoms with Crippen LogP contribution in [-0.2, 0) is 0 Å². The molecule has 0 aromatic rings. The third-order valence-electron chi connectivity index (χ3n) is 0. The van der Waals surface area contributed by atoms with Gasteiger partial charge in [-0.1, -0.05) is 0 Å².